The van der Waals surface area contributed by atoms with Crippen molar-refractivity contribution in [2.24, 2.45) is 0 Å². The van der Waals surface area contributed by atoms with Gasteiger partial charge in [-0.05, 0) is 31.5 Å². The monoisotopic (exact) mass is 314 g/mol. The number of aliphatic hydroxyl groups excluding tert-OH is 1. The molecule has 2 heterocycles. The Morgan fingerprint density at radius 3 is 2.95 bits per heavy atom. The topological polar surface area (TPSA) is 43.8 Å². The van der Waals surface area contributed by atoms with E-state index in [0.717, 1.165) is 29.4 Å². The number of amides is 1. The summed E-state index contributed by atoms with van der Waals surface area (Å²) in [6, 6.07) is 2.30. The number of hydrogen-bond acceptors (Lipinski definition) is 5. The number of hydrogen-bond donors (Lipinski definition) is 1. The summed E-state index contributed by atoms with van der Waals surface area (Å²) in [6.07, 6.45) is 1.68. The quantitative estimate of drug-likeness (QED) is 0.863. The minimum absolute atomic E-state index is 0.146. The first kappa shape index (κ1) is 15.8. The van der Waals surface area contributed by atoms with Crippen LogP contribution < -0.4 is 0 Å². The Labute approximate surface area is 128 Å². The summed E-state index contributed by atoms with van der Waals surface area (Å²) in [5.41, 5.74) is 0. The van der Waals surface area contributed by atoms with Gasteiger partial charge < -0.3 is 10.0 Å². The molecule has 4 nitrogen and oxygen atoms in total. The van der Waals surface area contributed by atoms with Gasteiger partial charge in [-0.1, -0.05) is 0 Å². The molecule has 1 aromatic heterocycles. The van der Waals surface area contributed by atoms with Crippen molar-refractivity contribution < 1.29 is 9.90 Å². The highest BCUT2D eigenvalue weighted by Gasteiger charge is 2.29. The summed E-state index contributed by atoms with van der Waals surface area (Å²) in [6.45, 7) is 6.90. The molecule has 1 aliphatic heterocycles. The smallest absolute Gasteiger partial charge is 0.265 e. The summed E-state index contributed by atoms with van der Waals surface area (Å²) < 4.78 is 0. The van der Waals surface area contributed by atoms with Crippen molar-refractivity contribution in [1.29, 1.82) is 0 Å². The number of carbonyl (C=O) groups is 1. The minimum atomic E-state index is -0.319. The molecule has 1 N–H and O–H groups in total. The molecule has 1 aliphatic rings. The molecule has 2 rings (SSSR count). The molecule has 1 aromatic rings. The predicted octanol–water partition coefficient (Wildman–Crippen LogP) is 2.00. The van der Waals surface area contributed by atoms with Crippen LogP contribution in [0.15, 0.2) is 16.3 Å². The lowest BCUT2D eigenvalue weighted by atomic mass is 10.1. The lowest BCUT2D eigenvalue weighted by Gasteiger charge is -2.40. The van der Waals surface area contributed by atoms with E-state index in [9.17, 15) is 9.90 Å². The van der Waals surface area contributed by atoms with Crippen LogP contribution in [-0.2, 0) is 0 Å². The minimum Gasteiger partial charge on any atom is -0.392 e. The third-order valence-electron chi connectivity index (χ3n) is 3.59. The molecule has 112 valence electrons. The van der Waals surface area contributed by atoms with E-state index in [4.69, 9.17) is 0 Å². The molecule has 0 spiro atoms. The van der Waals surface area contributed by atoms with Gasteiger partial charge in [0.1, 0.15) is 4.88 Å². The summed E-state index contributed by atoms with van der Waals surface area (Å²) >= 11 is 3.15. The average Bonchev–Trinajstić information content (AvgIpc) is 2.88. The lowest BCUT2D eigenvalue weighted by molar-refractivity contribution is 0.0366. The van der Waals surface area contributed by atoms with Gasteiger partial charge in [-0.15, -0.1) is 23.1 Å². The first-order valence-electron chi connectivity index (χ1n) is 6.85. The Balaban J connectivity index is 2.00. The number of thiophene rings is 1. The van der Waals surface area contributed by atoms with E-state index >= 15 is 0 Å². The van der Waals surface area contributed by atoms with Crippen LogP contribution in [0, 0.1) is 0 Å². The molecule has 0 aliphatic carbocycles. The standard InChI is InChI=1S/C14H22N2O2S2/c1-10-8-16(6-5-15(10)9-11(2)17)14(18)13-12(19-3)4-7-20-13/h4,7,10-11,17H,5-6,8-9H2,1-3H3/t10-,11-/m1/s1. The van der Waals surface area contributed by atoms with Crippen molar-refractivity contribution in [3.8, 4) is 0 Å². The molecular weight excluding hydrogens is 292 g/mol. The maximum absolute atomic E-state index is 12.6. The van der Waals surface area contributed by atoms with Gasteiger partial charge in [0.2, 0.25) is 0 Å². The van der Waals surface area contributed by atoms with Gasteiger partial charge in [0.25, 0.3) is 5.91 Å². The van der Waals surface area contributed by atoms with Crippen LogP contribution in [0.3, 0.4) is 0 Å². The molecule has 0 radical (unpaired) electrons. The fourth-order valence-corrected chi connectivity index (χ4v) is 4.26. The Kier molecular flexibility index (Phi) is 5.49. The maximum atomic E-state index is 12.6. The molecule has 1 fully saturated rings. The zero-order valence-electron chi connectivity index (χ0n) is 12.2. The van der Waals surface area contributed by atoms with Crippen LogP contribution in [0.25, 0.3) is 0 Å². The average molecular weight is 314 g/mol. The highest BCUT2D eigenvalue weighted by molar-refractivity contribution is 7.98. The van der Waals surface area contributed by atoms with Crippen LogP contribution in [0.1, 0.15) is 23.5 Å². The van der Waals surface area contributed by atoms with Gasteiger partial charge in [0, 0.05) is 37.1 Å². The van der Waals surface area contributed by atoms with E-state index in [1.165, 1.54) is 11.3 Å². The second-order valence-corrected chi connectivity index (χ2v) is 7.03. The van der Waals surface area contributed by atoms with Gasteiger partial charge >= 0.3 is 0 Å². The molecule has 0 saturated carbocycles. The predicted molar refractivity (Wildman–Crippen MR) is 84.7 cm³/mol. The second kappa shape index (κ2) is 6.93. The Morgan fingerprint density at radius 1 is 1.60 bits per heavy atom. The molecule has 0 bridgehead atoms. The number of β-amino-alcohol motifs (C(OH)–C–C–N with tert-alkyl or cyclic N) is 1. The van der Waals surface area contributed by atoms with Crippen molar-refractivity contribution in [2.45, 2.75) is 30.9 Å². The van der Waals surface area contributed by atoms with Gasteiger partial charge in [-0.3, -0.25) is 9.69 Å². The third kappa shape index (κ3) is 3.55. The van der Waals surface area contributed by atoms with Gasteiger partial charge in [-0.25, -0.2) is 0 Å². The van der Waals surface area contributed by atoms with E-state index in [1.54, 1.807) is 18.7 Å². The zero-order chi connectivity index (χ0) is 14.7. The highest BCUT2D eigenvalue weighted by Crippen LogP contribution is 2.27. The summed E-state index contributed by atoms with van der Waals surface area (Å²) in [5.74, 6) is 0.146. The fraction of sp³-hybridized carbons (Fsp3) is 0.643. The van der Waals surface area contributed by atoms with E-state index in [-0.39, 0.29) is 12.0 Å². The Morgan fingerprint density at radius 2 is 2.35 bits per heavy atom. The SMILES string of the molecule is CSc1ccsc1C(=O)N1CCN(C[C@@H](C)O)[C@H](C)C1. The van der Waals surface area contributed by atoms with Crippen LogP contribution in [0.5, 0.6) is 0 Å². The number of piperazine rings is 1. The molecular formula is C14H22N2O2S2. The number of nitrogens with zero attached hydrogens (tertiary/aromatic N) is 2. The van der Waals surface area contributed by atoms with Crippen LogP contribution in [0.4, 0.5) is 0 Å². The number of aliphatic hydroxyl groups is 1. The van der Waals surface area contributed by atoms with Crippen molar-refractivity contribution in [3.05, 3.63) is 16.3 Å². The van der Waals surface area contributed by atoms with Crippen LogP contribution in [0.2, 0.25) is 0 Å². The third-order valence-corrected chi connectivity index (χ3v) is 5.41. The molecule has 6 heteroatoms. The van der Waals surface area contributed by atoms with E-state index in [0.29, 0.717) is 12.6 Å². The first-order chi connectivity index (χ1) is 9.52. The van der Waals surface area contributed by atoms with Gasteiger partial charge in [0.15, 0.2) is 0 Å². The summed E-state index contributed by atoms with van der Waals surface area (Å²) in [7, 11) is 0. The molecule has 2 atom stereocenters. The number of thioether (sulfide) groups is 1. The Hall–Kier alpha value is -0.560. The normalized spacial score (nSPS) is 22.0. The summed E-state index contributed by atoms with van der Waals surface area (Å²) in [4.78, 5) is 18.7. The van der Waals surface area contributed by atoms with Crippen LogP contribution >= 0.6 is 23.1 Å². The number of carbonyl (C=O) groups excluding carboxylic acids is 1. The highest BCUT2D eigenvalue weighted by atomic mass is 32.2. The van der Waals surface area contributed by atoms with Crippen molar-refractivity contribution in [2.75, 3.05) is 32.4 Å². The van der Waals surface area contributed by atoms with Crippen molar-refractivity contribution >= 4 is 29.0 Å². The van der Waals surface area contributed by atoms with E-state index < -0.39 is 0 Å². The largest absolute Gasteiger partial charge is 0.392 e. The molecule has 1 saturated heterocycles. The fourth-order valence-electron chi connectivity index (χ4n) is 2.55. The van der Waals surface area contributed by atoms with Crippen molar-refractivity contribution in [3.63, 3.8) is 0 Å². The molecule has 0 unspecified atom stereocenters. The second-order valence-electron chi connectivity index (χ2n) is 5.26. The zero-order valence-corrected chi connectivity index (χ0v) is 13.8. The summed E-state index contributed by atoms with van der Waals surface area (Å²) in [5, 5.41) is 11.5. The molecule has 1 amide bonds. The first-order valence-corrected chi connectivity index (χ1v) is 8.96. The maximum Gasteiger partial charge on any atom is 0.265 e. The number of rotatable bonds is 4. The van der Waals surface area contributed by atoms with Crippen molar-refractivity contribution in [1.82, 2.24) is 9.80 Å². The van der Waals surface area contributed by atoms with E-state index in [1.807, 2.05) is 22.6 Å². The molecule has 20 heavy (non-hydrogen) atoms. The Bertz CT molecular complexity index is 462. The van der Waals surface area contributed by atoms with Crippen LogP contribution in [-0.4, -0.2) is 65.4 Å². The van der Waals surface area contributed by atoms with Gasteiger partial charge in [-0.2, -0.15) is 0 Å². The van der Waals surface area contributed by atoms with Gasteiger partial charge in [0.05, 0.1) is 6.10 Å². The van der Waals surface area contributed by atoms with E-state index in [2.05, 4.69) is 11.8 Å². The molecule has 0 aromatic carbocycles. The lowest BCUT2D eigenvalue weighted by Crippen LogP contribution is -2.54.